The molecule has 2 heterocycles. The van der Waals surface area contributed by atoms with Crippen molar-refractivity contribution in [3.8, 4) is 0 Å². The number of benzene rings is 1. The summed E-state index contributed by atoms with van der Waals surface area (Å²) in [6, 6.07) is 10.3. The second-order valence-electron chi connectivity index (χ2n) is 6.93. The number of fused-ring (bicyclic) bond motifs is 1. The number of amides is 1. The van der Waals surface area contributed by atoms with Gasteiger partial charge in [-0.1, -0.05) is 38.1 Å². The van der Waals surface area contributed by atoms with E-state index in [1.807, 2.05) is 17.9 Å². The van der Waals surface area contributed by atoms with Gasteiger partial charge in [0.1, 0.15) is 5.69 Å². The number of rotatable bonds is 6. The minimum Gasteiger partial charge on any atom is -0.337 e. The number of carbonyl (C=O) groups excluding carboxylic acids is 1. The minimum absolute atomic E-state index is 0.0119. The van der Waals surface area contributed by atoms with Gasteiger partial charge in [0.2, 0.25) is 5.95 Å². The van der Waals surface area contributed by atoms with Crippen molar-refractivity contribution < 1.29 is 4.79 Å². The normalized spacial score (nSPS) is 13.4. The minimum atomic E-state index is 0.0119. The zero-order valence-electron chi connectivity index (χ0n) is 16.0. The molecular weight excluding hydrogens is 324 g/mol. The number of anilines is 1. The van der Waals surface area contributed by atoms with Gasteiger partial charge in [0.05, 0.1) is 0 Å². The Balaban J connectivity index is 1.85. The molecule has 0 radical (unpaired) electrons. The molecule has 0 bridgehead atoms. The first-order valence-electron chi connectivity index (χ1n) is 9.59. The van der Waals surface area contributed by atoms with E-state index in [4.69, 9.17) is 0 Å². The van der Waals surface area contributed by atoms with E-state index in [9.17, 15) is 4.79 Å². The Kier molecular flexibility index (Phi) is 5.86. The summed E-state index contributed by atoms with van der Waals surface area (Å²) < 4.78 is 0. The van der Waals surface area contributed by atoms with Crippen molar-refractivity contribution >= 4 is 11.9 Å². The molecule has 2 aromatic rings. The summed E-state index contributed by atoms with van der Waals surface area (Å²) in [4.78, 5) is 26.3. The van der Waals surface area contributed by atoms with Crippen molar-refractivity contribution in [3.05, 3.63) is 52.8 Å². The highest BCUT2D eigenvalue weighted by Crippen LogP contribution is 2.22. The molecule has 0 aliphatic carbocycles. The quantitative estimate of drug-likeness (QED) is 0.797. The van der Waals surface area contributed by atoms with Crippen LogP contribution in [0.1, 0.15) is 54.0 Å². The zero-order chi connectivity index (χ0) is 18.5. The maximum Gasteiger partial charge on any atom is 0.272 e. The Hall–Kier alpha value is -2.43. The first kappa shape index (κ1) is 18.4. The molecule has 1 amide bonds. The molecule has 138 valence electrons. The first-order chi connectivity index (χ1) is 12.6. The number of aromatic nitrogens is 2. The van der Waals surface area contributed by atoms with Gasteiger partial charge >= 0.3 is 0 Å². The van der Waals surface area contributed by atoms with Crippen LogP contribution < -0.4 is 4.90 Å². The number of aryl methyl sites for hydroxylation is 1. The van der Waals surface area contributed by atoms with Gasteiger partial charge in [-0.15, -0.1) is 0 Å². The fourth-order valence-corrected chi connectivity index (χ4v) is 3.49. The van der Waals surface area contributed by atoms with Gasteiger partial charge in [-0.05, 0) is 43.4 Å². The average Bonchev–Trinajstić information content (AvgIpc) is 2.66. The Morgan fingerprint density at radius 3 is 2.50 bits per heavy atom. The predicted molar refractivity (Wildman–Crippen MR) is 104 cm³/mol. The Morgan fingerprint density at radius 2 is 1.81 bits per heavy atom. The highest BCUT2D eigenvalue weighted by molar-refractivity contribution is 5.92. The smallest absolute Gasteiger partial charge is 0.272 e. The molecule has 5 heteroatoms. The lowest BCUT2D eigenvalue weighted by molar-refractivity contribution is 0.0749. The molecule has 3 rings (SSSR count). The molecule has 0 spiro atoms. The fourth-order valence-electron chi connectivity index (χ4n) is 3.49. The molecule has 0 atom stereocenters. The van der Waals surface area contributed by atoms with Crippen LogP contribution in [-0.4, -0.2) is 40.4 Å². The van der Waals surface area contributed by atoms with Crippen LogP contribution in [0.5, 0.6) is 0 Å². The van der Waals surface area contributed by atoms with E-state index in [1.165, 1.54) is 11.1 Å². The summed E-state index contributed by atoms with van der Waals surface area (Å²) in [5.41, 5.74) is 4.05. The van der Waals surface area contributed by atoms with Crippen LogP contribution in [0.2, 0.25) is 0 Å². The van der Waals surface area contributed by atoms with Crippen LogP contribution in [0, 0.1) is 6.92 Å². The molecule has 5 nitrogen and oxygen atoms in total. The van der Waals surface area contributed by atoms with E-state index in [1.54, 1.807) is 0 Å². The van der Waals surface area contributed by atoms with Gasteiger partial charge in [-0.25, -0.2) is 9.97 Å². The summed E-state index contributed by atoms with van der Waals surface area (Å²) in [6.07, 6.45) is 2.88. The summed E-state index contributed by atoms with van der Waals surface area (Å²) in [5.74, 6) is 0.675. The zero-order valence-corrected chi connectivity index (χ0v) is 16.0. The van der Waals surface area contributed by atoms with Crippen molar-refractivity contribution in [3.63, 3.8) is 0 Å². The van der Waals surface area contributed by atoms with Crippen LogP contribution in [0.15, 0.2) is 30.3 Å². The van der Waals surface area contributed by atoms with Gasteiger partial charge < -0.3 is 9.80 Å². The van der Waals surface area contributed by atoms with Crippen molar-refractivity contribution in [2.24, 2.45) is 0 Å². The molecule has 1 aromatic carbocycles. The summed E-state index contributed by atoms with van der Waals surface area (Å²) >= 11 is 0. The summed E-state index contributed by atoms with van der Waals surface area (Å²) in [5, 5.41) is 0. The van der Waals surface area contributed by atoms with Crippen LogP contribution in [0.4, 0.5) is 5.95 Å². The van der Waals surface area contributed by atoms with Gasteiger partial charge in [0.15, 0.2) is 0 Å². The van der Waals surface area contributed by atoms with E-state index in [0.29, 0.717) is 11.6 Å². The molecule has 0 saturated heterocycles. The van der Waals surface area contributed by atoms with Crippen molar-refractivity contribution in [2.45, 2.75) is 46.6 Å². The van der Waals surface area contributed by atoms with E-state index in [-0.39, 0.29) is 5.91 Å². The molecule has 1 aliphatic heterocycles. The highest BCUT2D eigenvalue weighted by atomic mass is 16.2. The van der Waals surface area contributed by atoms with E-state index in [2.05, 4.69) is 53.0 Å². The number of hydrogen-bond donors (Lipinski definition) is 0. The van der Waals surface area contributed by atoms with Crippen LogP contribution in [0.3, 0.4) is 0 Å². The van der Waals surface area contributed by atoms with E-state index in [0.717, 1.165) is 51.1 Å². The lowest BCUT2D eigenvalue weighted by Gasteiger charge is -2.29. The SMILES string of the molecule is CCCN(CCC)C(=O)c1cc(C)nc(N2CCc3ccccc3C2)n1. The third-order valence-electron chi connectivity index (χ3n) is 4.75. The van der Waals surface area contributed by atoms with E-state index < -0.39 is 0 Å². The fraction of sp³-hybridized carbons (Fsp3) is 0.476. The monoisotopic (exact) mass is 352 g/mol. The summed E-state index contributed by atoms with van der Waals surface area (Å²) in [6.45, 7) is 9.33. The Bertz CT molecular complexity index is 768. The maximum atomic E-state index is 12.9. The molecule has 0 unspecified atom stereocenters. The van der Waals surface area contributed by atoms with Crippen LogP contribution in [0.25, 0.3) is 0 Å². The third-order valence-corrected chi connectivity index (χ3v) is 4.75. The van der Waals surface area contributed by atoms with Crippen molar-refractivity contribution in [1.29, 1.82) is 0 Å². The molecule has 26 heavy (non-hydrogen) atoms. The Morgan fingerprint density at radius 1 is 1.12 bits per heavy atom. The number of carbonyl (C=O) groups is 1. The van der Waals surface area contributed by atoms with Gasteiger partial charge in [0, 0.05) is 31.9 Å². The molecular formula is C21H28N4O. The van der Waals surface area contributed by atoms with Crippen LogP contribution in [-0.2, 0) is 13.0 Å². The van der Waals surface area contributed by atoms with Gasteiger partial charge in [-0.3, -0.25) is 4.79 Å². The maximum absolute atomic E-state index is 12.9. The highest BCUT2D eigenvalue weighted by Gasteiger charge is 2.22. The van der Waals surface area contributed by atoms with Crippen LogP contribution >= 0.6 is 0 Å². The topological polar surface area (TPSA) is 49.3 Å². The standard InChI is InChI=1S/C21H28N4O/c1-4-11-24(12-5-2)20(26)19-14-16(3)22-21(23-19)25-13-10-17-8-6-7-9-18(17)15-25/h6-9,14H,4-5,10-13,15H2,1-3H3. The number of hydrogen-bond acceptors (Lipinski definition) is 4. The lowest BCUT2D eigenvalue weighted by atomic mass is 10.0. The molecule has 0 N–H and O–H groups in total. The van der Waals surface area contributed by atoms with Crippen molar-refractivity contribution in [1.82, 2.24) is 14.9 Å². The van der Waals surface area contributed by atoms with Gasteiger partial charge in [0.25, 0.3) is 5.91 Å². The second-order valence-corrected chi connectivity index (χ2v) is 6.93. The van der Waals surface area contributed by atoms with Gasteiger partial charge in [-0.2, -0.15) is 0 Å². The third kappa shape index (κ3) is 4.03. The first-order valence-corrected chi connectivity index (χ1v) is 9.59. The molecule has 0 saturated carbocycles. The summed E-state index contributed by atoms with van der Waals surface area (Å²) in [7, 11) is 0. The second kappa shape index (κ2) is 8.30. The Labute approximate surface area is 156 Å². The predicted octanol–water partition coefficient (Wildman–Crippen LogP) is 3.61. The number of nitrogens with zero attached hydrogens (tertiary/aromatic N) is 4. The molecule has 0 fully saturated rings. The van der Waals surface area contributed by atoms with Crippen molar-refractivity contribution in [2.75, 3.05) is 24.5 Å². The lowest BCUT2D eigenvalue weighted by Crippen LogP contribution is -2.35. The molecule has 1 aromatic heterocycles. The molecule has 1 aliphatic rings. The van der Waals surface area contributed by atoms with E-state index >= 15 is 0 Å². The largest absolute Gasteiger partial charge is 0.337 e. The average molecular weight is 352 g/mol.